The highest BCUT2D eigenvalue weighted by atomic mass is 32.1. The average molecular weight is 316 g/mol. The molecule has 0 spiro atoms. The van der Waals surface area contributed by atoms with Gasteiger partial charge in [-0.05, 0) is 36.6 Å². The number of hydrogen-bond acceptors (Lipinski definition) is 3. The van der Waals surface area contributed by atoms with Gasteiger partial charge in [0, 0.05) is 23.3 Å². The van der Waals surface area contributed by atoms with E-state index in [-0.39, 0.29) is 25.1 Å². The lowest BCUT2D eigenvalue weighted by molar-refractivity contribution is -0.142. The fraction of sp³-hybridized carbons (Fsp3) is 0.357. The minimum atomic E-state index is -4.52. The van der Waals surface area contributed by atoms with Gasteiger partial charge < -0.3 is 5.11 Å². The fourth-order valence-corrected chi connectivity index (χ4v) is 2.57. The molecule has 0 aliphatic rings. The maximum absolute atomic E-state index is 12.9. The number of rotatable bonds is 4. The molecule has 114 valence electrons. The Morgan fingerprint density at radius 3 is 2.57 bits per heavy atom. The average Bonchev–Trinajstić information content (AvgIpc) is 2.70. The molecule has 0 atom stereocenters. The lowest BCUT2D eigenvalue weighted by Crippen LogP contribution is -2.11. The van der Waals surface area contributed by atoms with Crippen LogP contribution in [0, 0.1) is 6.92 Å². The minimum Gasteiger partial charge on any atom is -0.396 e. The largest absolute Gasteiger partial charge is 0.435 e. The highest BCUT2D eigenvalue weighted by Crippen LogP contribution is 2.31. The molecule has 0 unspecified atom stereocenters. The van der Waals surface area contributed by atoms with Crippen molar-refractivity contribution in [2.45, 2.75) is 31.0 Å². The van der Waals surface area contributed by atoms with Crippen molar-refractivity contribution in [2.75, 3.05) is 6.61 Å². The molecule has 2 rings (SSSR count). The quantitative estimate of drug-likeness (QED) is 0.851. The van der Waals surface area contributed by atoms with E-state index in [0.717, 1.165) is 16.0 Å². The van der Waals surface area contributed by atoms with Crippen molar-refractivity contribution in [1.29, 1.82) is 0 Å². The fourth-order valence-electron chi connectivity index (χ4n) is 2.20. The number of thiol groups is 1. The van der Waals surface area contributed by atoms with Gasteiger partial charge in [-0.2, -0.15) is 18.3 Å². The number of alkyl halides is 3. The number of aliphatic hydroxyl groups is 1. The summed E-state index contributed by atoms with van der Waals surface area (Å²) >= 11 is 4.25. The zero-order valence-corrected chi connectivity index (χ0v) is 12.2. The number of aryl methyl sites for hydroxylation is 1. The van der Waals surface area contributed by atoms with E-state index in [4.69, 9.17) is 5.11 Å². The summed E-state index contributed by atoms with van der Waals surface area (Å²) in [7, 11) is 0. The van der Waals surface area contributed by atoms with Crippen molar-refractivity contribution in [3.8, 4) is 0 Å². The van der Waals surface area contributed by atoms with Crippen LogP contribution in [0.15, 0.2) is 29.3 Å². The van der Waals surface area contributed by atoms with Gasteiger partial charge in [-0.25, -0.2) is 0 Å². The molecule has 21 heavy (non-hydrogen) atoms. The van der Waals surface area contributed by atoms with Crippen LogP contribution < -0.4 is 0 Å². The normalized spacial score (nSPS) is 11.9. The van der Waals surface area contributed by atoms with E-state index >= 15 is 0 Å². The smallest absolute Gasteiger partial charge is 0.396 e. The van der Waals surface area contributed by atoms with Crippen LogP contribution in [0.1, 0.15) is 22.4 Å². The molecule has 0 radical (unpaired) electrons. The van der Waals surface area contributed by atoms with Crippen molar-refractivity contribution in [2.24, 2.45) is 0 Å². The van der Waals surface area contributed by atoms with Crippen LogP contribution in [0.2, 0.25) is 0 Å². The SMILES string of the molecule is Cc1cc(S)cc(Cn2cc(CCO)c(C(F)(F)F)n2)c1. The number of hydrogen-bond donors (Lipinski definition) is 2. The van der Waals surface area contributed by atoms with Crippen molar-refractivity contribution in [3.05, 3.63) is 46.8 Å². The van der Waals surface area contributed by atoms with Gasteiger partial charge in [-0.1, -0.05) is 6.07 Å². The molecule has 0 aliphatic carbocycles. The topological polar surface area (TPSA) is 38.0 Å². The third-order valence-corrected chi connectivity index (χ3v) is 3.21. The highest BCUT2D eigenvalue weighted by molar-refractivity contribution is 7.80. The van der Waals surface area contributed by atoms with Crippen molar-refractivity contribution < 1.29 is 18.3 Å². The number of aliphatic hydroxyl groups excluding tert-OH is 1. The lowest BCUT2D eigenvalue weighted by Gasteiger charge is -2.06. The van der Waals surface area contributed by atoms with E-state index in [2.05, 4.69) is 17.7 Å². The second-order valence-electron chi connectivity index (χ2n) is 4.85. The lowest BCUT2D eigenvalue weighted by atomic mass is 10.1. The molecule has 3 nitrogen and oxygen atoms in total. The summed E-state index contributed by atoms with van der Waals surface area (Å²) in [6.45, 7) is 1.77. The first kappa shape index (κ1) is 15.9. The molecule has 0 amide bonds. The Kier molecular flexibility index (Phi) is 4.63. The molecular formula is C14H15F3N2OS. The molecule has 1 aromatic heterocycles. The van der Waals surface area contributed by atoms with E-state index in [9.17, 15) is 13.2 Å². The summed E-state index contributed by atoms with van der Waals surface area (Å²) in [6.07, 6.45) is -3.25. The number of aromatic nitrogens is 2. The third-order valence-electron chi connectivity index (χ3n) is 2.95. The van der Waals surface area contributed by atoms with E-state index < -0.39 is 11.9 Å². The van der Waals surface area contributed by atoms with Crippen LogP contribution in [-0.2, 0) is 19.1 Å². The summed E-state index contributed by atoms with van der Waals surface area (Å²) in [5.41, 5.74) is 0.877. The van der Waals surface area contributed by atoms with Gasteiger partial charge in [-0.3, -0.25) is 4.68 Å². The molecule has 0 saturated carbocycles. The zero-order valence-electron chi connectivity index (χ0n) is 11.4. The van der Waals surface area contributed by atoms with Gasteiger partial charge in [0.25, 0.3) is 0 Å². The molecule has 1 N–H and O–H groups in total. The van der Waals surface area contributed by atoms with E-state index in [1.165, 1.54) is 10.9 Å². The molecule has 0 aliphatic heterocycles. The van der Waals surface area contributed by atoms with Gasteiger partial charge in [0.1, 0.15) is 0 Å². The van der Waals surface area contributed by atoms with Crippen LogP contribution in [0.4, 0.5) is 13.2 Å². The van der Waals surface area contributed by atoms with Gasteiger partial charge >= 0.3 is 6.18 Å². The molecule has 0 fully saturated rings. The first-order valence-electron chi connectivity index (χ1n) is 6.33. The number of halogens is 3. The Balaban J connectivity index is 2.32. The predicted octanol–water partition coefficient (Wildman–Crippen LogP) is 3.08. The molecule has 1 heterocycles. The maximum Gasteiger partial charge on any atom is 0.435 e. The monoisotopic (exact) mass is 316 g/mol. The van der Waals surface area contributed by atoms with E-state index in [1.807, 2.05) is 19.1 Å². The molecule has 7 heteroatoms. The first-order chi connectivity index (χ1) is 9.79. The van der Waals surface area contributed by atoms with Crippen molar-refractivity contribution in [1.82, 2.24) is 9.78 Å². The summed E-state index contributed by atoms with van der Waals surface area (Å²) in [6, 6.07) is 5.53. The van der Waals surface area contributed by atoms with Crippen LogP contribution in [0.25, 0.3) is 0 Å². The standard InChI is InChI=1S/C14H15F3N2OS/c1-9-4-10(6-12(21)5-9)7-19-8-11(2-3-20)13(18-19)14(15,16)17/h4-6,8,20-21H,2-3,7H2,1H3. The van der Waals surface area contributed by atoms with E-state index in [0.29, 0.717) is 0 Å². The summed E-state index contributed by atoms with van der Waals surface area (Å²) in [4.78, 5) is 0.754. The van der Waals surface area contributed by atoms with Crippen LogP contribution in [0.3, 0.4) is 0 Å². The Bertz CT molecular complexity index is 617. The number of benzene rings is 1. The third kappa shape index (κ3) is 4.01. The zero-order chi connectivity index (χ0) is 15.6. The Hall–Kier alpha value is -1.47. The predicted molar refractivity (Wildman–Crippen MR) is 75.6 cm³/mol. The molecule has 1 aromatic carbocycles. The molecular weight excluding hydrogens is 301 g/mol. The number of nitrogens with zero attached hydrogens (tertiary/aromatic N) is 2. The molecule has 0 bridgehead atoms. The Labute approximate surface area is 125 Å². The minimum absolute atomic E-state index is 0.00347. The summed E-state index contributed by atoms with van der Waals surface area (Å²) < 4.78 is 39.9. The van der Waals surface area contributed by atoms with Gasteiger partial charge in [-0.15, -0.1) is 12.6 Å². The van der Waals surface area contributed by atoms with Gasteiger partial charge in [0.2, 0.25) is 0 Å². The van der Waals surface area contributed by atoms with Crippen molar-refractivity contribution in [3.63, 3.8) is 0 Å². The first-order valence-corrected chi connectivity index (χ1v) is 6.78. The van der Waals surface area contributed by atoms with Crippen LogP contribution >= 0.6 is 12.6 Å². The van der Waals surface area contributed by atoms with Crippen molar-refractivity contribution >= 4 is 12.6 Å². The second-order valence-corrected chi connectivity index (χ2v) is 5.37. The van der Waals surface area contributed by atoms with Crippen LogP contribution in [0.5, 0.6) is 0 Å². The van der Waals surface area contributed by atoms with Crippen LogP contribution in [-0.4, -0.2) is 21.5 Å². The summed E-state index contributed by atoms with van der Waals surface area (Å²) in [5, 5.41) is 12.5. The van der Waals surface area contributed by atoms with Gasteiger partial charge in [0.15, 0.2) is 5.69 Å². The maximum atomic E-state index is 12.9. The Morgan fingerprint density at radius 1 is 1.29 bits per heavy atom. The molecule has 0 saturated heterocycles. The summed E-state index contributed by atoms with van der Waals surface area (Å²) in [5.74, 6) is 0. The Morgan fingerprint density at radius 2 is 2.00 bits per heavy atom. The van der Waals surface area contributed by atoms with Gasteiger partial charge in [0.05, 0.1) is 6.54 Å². The molecule has 2 aromatic rings. The van der Waals surface area contributed by atoms with E-state index in [1.54, 1.807) is 6.07 Å². The second kappa shape index (κ2) is 6.11. The highest BCUT2D eigenvalue weighted by Gasteiger charge is 2.36.